The van der Waals surface area contributed by atoms with E-state index in [9.17, 15) is 24.0 Å². The first-order chi connectivity index (χ1) is 18.2. The Bertz CT molecular complexity index is 1290. The lowest BCUT2D eigenvalue weighted by atomic mass is 10.1. The summed E-state index contributed by atoms with van der Waals surface area (Å²) in [7, 11) is 0. The second-order valence-corrected chi connectivity index (χ2v) is 8.78. The highest BCUT2D eigenvalue weighted by molar-refractivity contribution is 6.30. The number of nitrogens with one attached hydrogen (secondary N) is 1. The summed E-state index contributed by atoms with van der Waals surface area (Å²) >= 11 is 5.78. The van der Waals surface area contributed by atoms with Crippen molar-refractivity contribution < 1.29 is 33.4 Å². The van der Waals surface area contributed by atoms with Gasteiger partial charge >= 0.3 is 11.9 Å². The number of rotatable bonds is 12. The Hall–Kier alpha value is -4.30. The lowest BCUT2D eigenvalue weighted by Crippen LogP contribution is -2.24. The Morgan fingerprint density at radius 3 is 2.08 bits per heavy atom. The molecule has 0 heterocycles. The molecule has 1 amide bonds. The molecular formula is C29H26ClNO7. The number of Topliss-reactive ketones (excluding diaryl/α,β-unsaturated/α-hetero) is 2. The van der Waals surface area contributed by atoms with Gasteiger partial charge < -0.3 is 14.8 Å². The van der Waals surface area contributed by atoms with Crippen LogP contribution in [0, 0.1) is 0 Å². The third-order valence-corrected chi connectivity index (χ3v) is 5.68. The molecule has 0 fully saturated rings. The van der Waals surface area contributed by atoms with E-state index in [0.29, 0.717) is 21.8 Å². The van der Waals surface area contributed by atoms with Crippen LogP contribution in [-0.2, 0) is 19.1 Å². The van der Waals surface area contributed by atoms with E-state index in [0.717, 1.165) is 0 Å². The molecule has 0 unspecified atom stereocenters. The molecule has 3 rings (SSSR count). The van der Waals surface area contributed by atoms with Gasteiger partial charge in [-0.25, -0.2) is 4.79 Å². The second-order valence-electron chi connectivity index (χ2n) is 8.35. The normalized spacial score (nSPS) is 11.2. The Kier molecular flexibility index (Phi) is 10.3. The van der Waals surface area contributed by atoms with Crippen LogP contribution in [0.5, 0.6) is 0 Å². The molecule has 0 bridgehead atoms. The van der Waals surface area contributed by atoms with E-state index >= 15 is 0 Å². The maximum atomic E-state index is 12.4. The molecule has 9 heteroatoms. The van der Waals surface area contributed by atoms with Crippen LogP contribution in [0.3, 0.4) is 0 Å². The minimum Gasteiger partial charge on any atom is -0.457 e. The SMILES string of the molecule is C[C@H](OC(=O)c1ccc(NC(=O)CCCC(=O)OCC(=O)c2ccc(Cl)cc2)cc1)C(=O)c1ccccc1. The maximum absolute atomic E-state index is 12.4. The molecule has 3 aromatic carbocycles. The maximum Gasteiger partial charge on any atom is 0.338 e. The third kappa shape index (κ3) is 8.67. The number of halogens is 1. The zero-order valence-corrected chi connectivity index (χ0v) is 21.4. The van der Waals surface area contributed by atoms with Crippen molar-refractivity contribution in [3.8, 4) is 0 Å². The lowest BCUT2D eigenvalue weighted by Gasteiger charge is -2.12. The number of ketones is 2. The third-order valence-electron chi connectivity index (χ3n) is 5.43. The average molecular weight is 536 g/mol. The quantitative estimate of drug-likeness (QED) is 0.247. The highest BCUT2D eigenvalue weighted by Gasteiger charge is 2.20. The van der Waals surface area contributed by atoms with Gasteiger partial charge in [-0.1, -0.05) is 41.9 Å². The minimum atomic E-state index is -0.952. The fourth-order valence-electron chi connectivity index (χ4n) is 3.36. The average Bonchev–Trinajstić information content (AvgIpc) is 2.92. The van der Waals surface area contributed by atoms with Gasteiger partial charge in [0.25, 0.3) is 0 Å². The summed E-state index contributed by atoms with van der Waals surface area (Å²) in [5.41, 5.74) is 1.52. The number of hydrogen-bond acceptors (Lipinski definition) is 7. The molecule has 0 saturated heterocycles. The fraction of sp³-hybridized carbons (Fsp3) is 0.207. The number of hydrogen-bond donors (Lipinski definition) is 1. The van der Waals surface area contributed by atoms with Crippen LogP contribution in [0.1, 0.15) is 57.3 Å². The molecule has 0 aliphatic heterocycles. The predicted molar refractivity (Wildman–Crippen MR) is 141 cm³/mol. The second kappa shape index (κ2) is 13.9. The first kappa shape index (κ1) is 28.3. The van der Waals surface area contributed by atoms with E-state index in [4.69, 9.17) is 21.1 Å². The summed E-state index contributed by atoms with van der Waals surface area (Å²) in [5, 5.41) is 3.17. The standard InChI is InChI=1S/C29H26ClNO7/c1-19(28(35)21-6-3-2-4-7-21)38-29(36)22-12-16-24(17-13-22)31-26(33)8-5-9-27(34)37-18-25(32)20-10-14-23(30)15-11-20/h2-4,6-7,10-17,19H,5,8-9,18H2,1H3,(H,31,33)/t19-/m0/s1. The van der Waals surface area contributed by atoms with Gasteiger partial charge in [-0.3, -0.25) is 19.2 Å². The number of benzene rings is 3. The molecule has 3 aromatic rings. The predicted octanol–water partition coefficient (Wildman–Crippen LogP) is 5.30. The Balaban J connectivity index is 1.37. The molecule has 1 atom stereocenters. The molecule has 196 valence electrons. The molecule has 0 aromatic heterocycles. The molecular weight excluding hydrogens is 510 g/mol. The highest BCUT2D eigenvalue weighted by Crippen LogP contribution is 2.14. The number of carbonyl (C=O) groups excluding carboxylic acids is 5. The Labute approximate surface area is 224 Å². The summed E-state index contributed by atoms with van der Waals surface area (Å²) < 4.78 is 10.2. The van der Waals surface area contributed by atoms with Gasteiger partial charge in [0, 0.05) is 34.7 Å². The molecule has 0 aliphatic carbocycles. The first-order valence-electron chi connectivity index (χ1n) is 11.9. The highest BCUT2D eigenvalue weighted by atomic mass is 35.5. The molecule has 0 spiro atoms. The van der Waals surface area contributed by atoms with E-state index in [1.54, 1.807) is 54.6 Å². The monoisotopic (exact) mass is 535 g/mol. The van der Waals surface area contributed by atoms with Crippen molar-refractivity contribution in [3.63, 3.8) is 0 Å². The van der Waals surface area contributed by atoms with Gasteiger partial charge in [0.05, 0.1) is 5.56 Å². The van der Waals surface area contributed by atoms with Crippen LogP contribution in [-0.4, -0.2) is 42.1 Å². The topological polar surface area (TPSA) is 116 Å². The van der Waals surface area contributed by atoms with Gasteiger partial charge in [0.15, 0.2) is 18.5 Å². The molecule has 0 aliphatic rings. The van der Waals surface area contributed by atoms with Crippen molar-refractivity contribution in [1.82, 2.24) is 0 Å². The van der Waals surface area contributed by atoms with Crippen molar-refractivity contribution >= 4 is 46.7 Å². The summed E-state index contributed by atoms with van der Waals surface area (Å²) in [6.07, 6.45) is -0.682. The minimum absolute atomic E-state index is 0.0218. The van der Waals surface area contributed by atoms with Gasteiger partial charge in [-0.15, -0.1) is 0 Å². The van der Waals surface area contributed by atoms with Crippen LogP contribution in [0.25, 0.3) is 0 Å². The number of ether oxygens (including phenoxy) is 2. The molecule has 0 saturated carbocycles. The summed E-state index contributed by atoms with van der Waals surface area (Å²) in [6, 6.07) is 20.8. The zero-order valence-electron chi connectivity index (χ0n) is 20.6. The van der Waals surface area contributed by atoms with E-state index in [1.807, 2.05) is 0 Å². The van der Waals surface area contributed by atoms with Crippen LogP contribution in [0.2, 0.25) is 5.02 Å². The van der Waals surface area contributed by atoms with Gasteiger partial charge in [-0.2, -0.15) is 0 Å². The van der Waals surface area contributed by atoms with Gasteiger partial charge in [0.2, 0.25) is 11.7 Å². The smallest absolute Gasteiger partial charge is 0.338 e. The molecule has 38 heavy (non-hydrogen) atoms. The number of amides is 1. The van der Waals surface area contributed by atoms with E-state index in [1.165, 1.54) is 31.2 Å². The van der Waals surface area contributed by atoms with Crippen molar-refractivity contribution in [2.45, 2.75) is 32.3 Å². The van der Waals surface area contributed by atoms with Crippen LogP contribution < -0.4 is 5.32 Å². The van der Waals surface area contributed by atoms with Gasteiger partial charge in [0.1, 0.15) is 0 Å². The number of esters is 2. The summed E-state index contributed by atoms with van der Waals surface area (Å²) in [6.45, 7) is 1.12. The number of carbonyl (C=O) groups is 5. The largest absolute Gasteiger partial charge is 0.457 e. The molecule has 1 N–H and O–H groups in total. The first-order valence-corrected chi connectivity index (χ1v) is 12.3. The van der Waals surface area contributed by atoms with Crippen LogP contribution in [0.15, 0.2) is 78.9 Å². The number of anilines is 1. The summed E-state index contributed by atoms with van der Waals surface area (Å²) in [5.74, 6) is -2.22. The van der Waals surface area contributed by atoms with E-state index < -0.39 is 18.0 Å². The van der Waals surface area contributed by atoms with Crippen molar-refractivity contribution in [2.24, 2.45) is 0 Å². The van der Waals surface area contributed by atoms with Crippen molar-refractivity contribution in [3.05, 3.63) is 101 Å². The van der Waals surface area contributed by atoms with E-state index in [-0.39, 0.29) is 48.9 Å². The van der Waals surface area contributed by atoms with Crippen LogP contribution in [0.4, 0.5) is 5.69 Å². The lowest BCUT2D eigenvalue weighted by molar-refractivity contribution is -0.142. The Morgan fingerprint density at radius 2 is 1.42 bits per heavy atom. The van der Waals surface area contributed by atoms with E-state index in [2.05, 4.69) is 5.32 Å². The Morgan fingerprint density at radius 1 is 0.789 bits per heavy atom. The van der Waals surface area contributed by atoms with Crippen LogP contribution >= 0.6 is 11.6 Å². The van der Waals surface area contributed by atoms with Crippen molar-refractivity contribution in [1.29, 1.82) is 0 Å². The molecule has 8 nitrogen and oxygen atoms in total. The van der Waals surface area contributed by atoms with Gasteiger partial charge in [-0.05, 0) is 61.9 Å². The zero-order chi connectivity index (χ0) is 27.5. The van der Waals surface area contributed by atoms with Crippen molar-refractivity contribution in [2.75, 3.05) is 11.9 Å². The fourth-order valence-corrected chi connectivity index (χ4v) is 3.49. The molecule has 0 radical (unpaired) electrons. The summed E-state index contributed by atoms with van der Waals surface area (Å²) in [4.78, 5) is 60.9.